The normalized spacial score (nSPS) is 10.7. The van der Waals surface area contributed by atoms with Crippen LogP contribution in [0.25, 0.3) is 0 Å². The van der Waals surface area contributed by atoms with Crippen LogP contribution in [0.4, 0.5) is 0 Å². The van der Waals surface area contributed by atoms with Gasteiger partial charge in [-0.2, -0.15) is 0 Å². The fourth-order valence-corrected chi connectivity index (χ4v) is 2.13. The van der Waals surface area contributed by atoms with Crippen LogP contribution < -0.4 is 5.73 Å². The van der Waals surface area contributed by atoms with Gasteiger partial charge in [-0.15, -0.1) is 11.3 Å². The highest BCUT2D eigenvalue weighted by Gasteiger charge is 2.14. The van der Waals surface area contributed by atoms with Crippen molar-refractivity contribution in [1.29, 1.82) is 0 Å². The van der Waals surface area contributed by atoms with Crippen molar-refractivity contribution < 1.29 is 14.7 Å². The van der Waals surface area contributed by atoms with E-state index in [2.05, 4.69) is 4.98 Å². The molecular weight excluding hydrogens is 242 g/mol. The molecule has 0 aliphatic rings. The average Bonchev–Trinajstić information content (AvgIpc) is 2.63. The van der Waals surface area contributed by atoms with E-state index < -0.39 is 11.9 Å². The van der Waals surface area contributed by atoms with Gasteiger partial charge in [0.15, 0.2) is 0 Å². The van der Waals surface area contributed by atoms with Crippen molar-refractivity contribution in [3.05, 3.63) is 16.1 Å². The topological polar surface area (TPSA) is 96.5 Å². The molecule has 0 bridgehead atoms. The molecule has 1 rings (SSSR count). The lowest BCUT2D eigenvalue weighted by atomic mass is 10.4. The number of carboxylic acids is 1. The van der Waals surface area contributed by atoms with E-state index in [0.29, 0.717) is 6.54 Å². The molecule has 0 atom stereocenters. The lowest BCUT2D eigenvalue weighted by Crippen LogP contribution is -2.36. The van der Waals surface area contributed by atoms with Gasteiger partial charge in [0.25, 0.3) is 0 Å². The lowest BCUT2D eigenvalue weighted by molar-refractivity contribution is -0.138. The largest absolute Gasteiger partial charge is 0.480 e. The number of hydrogen-bond donors (Lipinski definition) is 2. The molecule has 1 aromatic rings. The van der Waals surface area contributed by atoms with E-state index in [-0.39, 0.29) is 13.1 Å². The van der Waals surface area contributed by atoms with Crippen LogP contribution in [0.15, 0.2) is 5.38 Å². The smallest absolute Gasteiger partial charge is 0.317 e. The number of amides is 1. The second kappa shape index (κ2) is 6.31. The number of nitrogens with zero attached hydrogens (tertiary/aromatic N) is 2. The summed E-state index contributed by atoms with van der Waals surface area (Å²) in [6, 6.07) is 0. The number of thiazole rings is 1. The molecular formula is C10H15N3O3S. The zero-order chi connectivity index (χ0) is 12.8. The van der Waals surface area contributed by atoms with Gasteiger partial charge in [0, 0.05) is 11.9 Å². The highest BCUT2D eigenvalue weighted by atomic mass is 32.1. The quantitative estimate of drug-likeness (QED) is 0.721. The number of nitrogens with two attached hydrogens (primary N) is 1. The van der Waals surface area contributed by atoms with Crippen molar-refractivity contribution in [2.45, 2.75) is 19.9 Å². The van der Waals surface area contributed by atoms with E-state index in [1.165, 1.54) is 16.2 Å². The molecule has 0 unspecified atom stereocenters. The monoisotopic (exact) mass is 257 g/mol. The zero-order valence-corrected chi connectivity index (χ0v) is 10.4. The number of hydrogen-bond acceptors (Lipinski definition) is 5. The van der Waals surface area contributed by atoms with Crippen LogP contribution >= 0.6 is 11.3 Å². The first-order valence-electron chi connectivity index (χ1n) is 5.17. The van der Waals surface area contributed by atoms with E-state index >= 15 is 0 Å². The molecule has 0 radical (unpaired) electrons. The second-order valence-electron chi connectivity index (χ2n) is 3.59. The molecule has 94 valence electrons. The number of carboxylic acid groups (broad SMARTS) is 1. The first-order valence-corrected chi connectivity index (χ1v) is 6.05. The third-order valence-electron chi connectivity index (χ3n) is 2.03. The molecule has 0 aliphatic carbocycles. The summed E-state index contributed by atoms with van der Waals surface area (Å²) >= 11 is 1.53. The number of aryl methyl sites for hydroxylation is 1. The molecule has 0 aliphatic heterocycles. The van der Waals surface area contributed by atoms with Gasteiger partial charge < -0.3 is 10.8 Å². The van der Waals surface area contributed by atoms with Crippen LogP contribution in [0.1, 0.15) is 17.6 Å². The lowest BCUT2D eigenvalue weighted by Gasteiger charge is -2.16. The number of aromatic nitrogens is 1. The van der Waals surface area contributed by atoms with Crippen molar-refractivity contribution in [1.82, 2.24) is 9.88 Å². The SMILES string of the molecule is CCc1nc(CN(CC(N)=O)CC(=O)O)cs1. The molecule has 3 N–H and O–H groups in total. The molecule has 1 aromatic heterocycles. The van der Waals surface area contributed by atoms with Crippen molar-refractivity contribution >= 4 is 23.2 Å². The molecule has 0 saturated heterocycles. The second-order valence-corrected chi connectivity index (χ2v) is 4.53. The third kappa shape index (κ3) is 4.92. The Labute approximate surface area is 103 Å². The fraction of sp³-hybridized carbons (Fsp3) is 0.500. The molecule has 6 nitrogen and oxygen atoms in total. The average molecular weight is 257 g/mol. The van der Waals surface area contributed by atoms with E-state index in [1.807, 2.05) is 12.3 Å². The minimum Gasteiger partial charge on any atom is -0.480 e. The molecule has 17 heavy (non-hydrogen) atoms. The van der Waals surface area contributed by atoms with Crippen LogP contribution in [-0.2, 0) is 22.6 Å². The highest BCUT2D eigenvalue weighted by molar-refractivity contribution is 7.09. The number of carbonyl (C=O) groups excluding carboxylic acids is 1. The van der Waals surface area contributed by atoms with E-state index in [4.69, 9.17) is 10.8 Å². The summed E-state index contributed by atoms with van der Waals surface area (Å²) in [6.07, 6.45) is 0.847. The number of rotatable bonds is 7. The summed E-state index contributed by atoms with van der Waals surface area (Å²) in [6.45, 7) is 2.03. The van der Waals surface area contributed by atoms with E-state index in [0.717, 1.165) is 17.1 Å². The van der Waals surface area contributed by atoms with Gasteiger partial charge in [-0.3, -0.25) is 14.5 Å². The van der Waals surface area contributed by atoms with Gasteiger partial charge in [0.2, 0.25) is 5.91 Å². The maximum Gasteiger partial charge on any atom is 0.317 e. The van der Waals surface area contributed by atoms with Gasteiger partial charge in [0.1, 0.15) is 0 Å². The molecule has 1 heterocycles. The van der Waals surface area contributed by atoms with Crippen LogP contribution in [-0.4, -0.2) is 40.0 Å². The van der Waals surface area contributed by atoms with Gasteiger partial charge >= 0.3 is 5.97 Å². The Kier molecular flexibility index (Phi) is 5.05. The standard InChI is InChI=1S/C10H15N3O3S/c1-2-9-12-7(6-17-9)3-13(4-8(11)14)5-10(15)16/h6H,2-5H2,1H3,(H2,11,14)(H,15,16). The molecule has 0 saturated carbocycles. The Morgan fingerprint density at radius 3 is 2.71 bits per heavy atom. The summed E-state index contributed by atoms with van der Waals surface area (Å²) in [5.74, 6) is -1.53. The number of primary amides is 1. The summed E-state index contributed by atoms with van der Waals surface area (Å²) in [5.41, 5.74) is 5.84. The number of aliphatic carboxylic acids is 1. The Bertz CT molecular complexity index is 389. The van der Waals surface area contributed by atoms with Gasteiger partial charge in [-0.05, 0) is 6.42 Å². The van der Waals surface area contributed by atoms with Crippen LogP contribution in [0.2, 0.25) is 0 Å². The first kappa shape index (κ1) is 13.6. The van der Waals surface area contributed by atoms with Gasteiger partial charge in [-0.25, -0.2) is 4.98 Å². The summed E-state index contributed by atoms with van der Waals surface area (Å²) in [5, 5.41) is 11.6. The van der Waals surface area contributed by atoms with Crippen molar-refractivity contribution in [3.8, 4) is 0 Å². The Morgan fingerprint density at radius 1 is 1.53 bits per heavy atom. The molecule has 1 amide bonds. The molecule has 7 heteroatoms. The Morgan fingerprint density at radius 2 is 2.24 bits per heavy atom. The predicted molar refractivity (Wildman–Crippen MR) is 63.6 cm³/mol. The maximum absolute atomic E-state index is 10.8. The highest BCUT2D eigenvalue weighted by Crippen LogP contribution is 2.12. The van der Waals surface area contributed by atoms with Gasteiger partial charge in [0.05, 0.1) is 23.8 Å². The first-order chi connectivity index (χ1) is 8.01. The van der Waals surface area contributed by atoms with Crippen molar-refractivity contribution in [3.63, 3.8) is 0 Å². The minimum atomic E-state index is -0.989. The Balaban J connectivity index is 2.64. The summed E-state index contributed by atoms with van der Waals surface area (Å²) < 4.78 is 0. The Hall–Kier alpha value is -1.47. The summed E-state index contributed by atoms with van der Waals surface area (Å²) in [7, 11) is 0. The van der Waals surface area contributed by atoms with Crippen LogP contribution in [0, 0.1) is 0 Å². The maximum atomic E-state index is 10.8. The van der Waals surface area contributed by atoms with Crippen molar-refractivity contribution in [2.75, 3.05) is 13.1 Å². The predicted octanol–water partition coefficient (Wildman–Crippen LogP) is 0.0774. The zero-order valence-electron chi connectivity index (χ0n) is 9.55. The molecule has 0 aromatic carbocycles. The molecule has 0 spiro atoms. The van der Waals surface area contributed by atoms with Crippen LogP contribution in [0.5, 0.6) is 0 Å². The minimum absolute atomic E-state index is 0.0781. The van der Waals surface area contributed by atoms with Crippen LogP contribution in [0.3, 0.4) is 0 Å². The van der Waals surface area contributed by atoms with Gasteiger partial charge in [-0.1, -0.05) is 6.92 Å². The van der Waals surface area contributed by atoms with Crippen molar-refractivity contribution in [2.24, 2.45) is 5.73 Å². The summed E-state index contributed by atoms with van der Waals surface area (Å²) in [4.78, 5) is 27.2. The number of carbonyl (C=O) groups is 2. The van der Waals surface area contributed by atoms with E-state index in [9.17, 15) is 9.59 Å². The third-order valence-corrected chi connectivity index (χ3v) is 3.07. The van der Waals surface area contributed by atoms with E-state index in [1.54, 1.807) is 0 Å². The molecule has 0 fully saturated rings. The fourth-order valence-electron chi connectivity index (χ4n) is 1.39.